The molecule has 5 rings (SSSR count). The zero-order valence-corrected chi connectivity index (χ0v) is 21.0. The molecular weight excluding hydrogens is 476 g/mol. The van der Waals surface area contributed by atoms with Crippen LogP contribution in [0.25, 0.3) is 16.9 Å². The van der Waals surface area contributed by atoms with E-state index < -0.39 is 6.10 Å². The van der Waals surface area contributed by atoms with Gasteiger partial charge in [0.25, 0.3) is 5.91 Å². The minimum absolute atomic E-state index is 0.165. The number of aliphatic hydroxyl groups excluding tert-OH is 1. The van der Waals surface area contributed by atoms with Crippen LogP contribution in [-0.4, -0.2) is 43.2 Å². The first-order chi connectivity index (χ1) is 18.5. The first kappa shape index (κ1) is 24.9. The van der Waals surface area contributed by atoms with Crippen LogP contribution in [-0.2, 0) is 6.42 Å². The molecule has 0 aliphatic rings. The number of nitrogens with one attached hydrogen (secondary N) is 2. The fourth-order valence-corrected chi connectivity index (χ4v) is 4.07. The van der Waals surface area contributed by atoms with Gasteiger partial charge < -0.3 is 15.7 Å². The van der Waals surface area contributed by atoms with Gasteiger partial charge in [0.2, 0.25) is 5.95 Å². The number of aliphatic hydroxyl groups is 1. The van der Waals surface area contributed by atoms with Gasteiger partial charge in [0, 0.05) is 42.8 Å². The van der Waals surface area contributed by atoms with Gasteiger partial charge in [-0.25, -0.2) is 9.97 Å². The van der Waals surface area contributed by atoms with E-state index in [9.17, 15) is 9.90 Å². The number of carbonyl (C=O) groups is 1. The van der Waals surface area contributed by atoms with Gasteiger partial charge >= 0.3 is 0 Å². The third-order valence-corrected chi connectivity index (χ3v) is 5.96. The number of amides is 1. The number of benzene rings is 3. The molecule has 38 heavy (non-hydrogen) atoms. The Kier molecular flexibility index (Phi) is 7.52. The van der Waals surface area contributed by atoms with Crippen LogP contribution in [0.15, 0.2) is 104 Å². The van der Waals surface area contributed by atoms with Crippen molar-refractivity contribution in [2.45, 2.75) is 19.4 Å². The molecule has 190 valence electrons. The normalized spacial score (nSPS) is 11.6. The van der Waals surface area contributed by atoms with Gasteiger partial charge in [0.05, 0.1) is 6.10 Å². The zero-order valence-electron chi connectivity index (χ0n) is 21.0. The first-order valence-corrected chi connectivity index (χ1v) is 12.4. The molecule has 3 N–H and O–H groups in total. The van der Waals surface area contributed by atoms with E-state index in [-0.39, 0.29) is 5.91 Å². The standard InChI is InChI=1S/C30H28N6O2/c1-21(37)20-33-30-32-15-14-27(35-30)36-17-16-31-28(36)19-22-6-5-9-26(18-22)34-29(38)25-12-10-24(11-13-25)23-7-3-2-4-8-23/h2-18,21,37H,19-20H2,1H3,(H,34,38)(H,32,33,35). The fourth-order valence-electron chi connectivity index (χ4n) is 4.07. The second kappa shape index (κ2) is 11.5. The van der Waals surface area contributed by atoms with Crippen LogP contribution in [0.5, 0.6) is 0 Å². The first-order valence-electron chi connectivity index (χ1n) is 12.4. The lowest BCUT2D eigenvalue weighted by molar-refractivity contribution is 0.102. The van der Waals surface area contributed by atoms with Crippen LogP contribution >= 0.6 is 0 Å². The van der Waals surface area contributed by atoms with E-state index in [1.165, 1.54) is 0 Å². The summed E-state index contributed by atoms with van der Waals surface area (Å²) in [6, 6.07) is 27.2. The molecule has 0 spiro atoms. The van der Waals surface area contributed by atoms with Crippen molar-refractivity contribution >= 4 is 17.5 Å². The second-order valence-electron chi connectivity index (χ2n) is 8.96. The number of hydrogen-bond donors (Lipinski definition) is 3. The van der Waals surface area contributed by atoms with Crippen molar-refractivity contribution in [1.29, 1.82) is 0 Å². The molecule has 8 heteroatoms. The van der Waals surface area contributed by atoms with Gasteiger partial charge in [0.1, 0.15) is 11.6 Å². The minimum atomic E-state index is -0.507. The molecule has 8 nitrogen and oxygen atoms in total. The van der Waals surface area contributed by atoms with Crippen LogP contribution in [0.1, 0.15) is 28.7 Å². The van der Waals surface area contributed by atoms with E-state index >= 15 is 0 Å². The Labute approximate surface area is 221 Å². The van der Waals surface area contributed by atoms with Gasteiger partial charge in [-0.15, -0.1) is 0 Å². The average molecular weight is 505 g/mol. The maximum atomic E-state index is 12.9. The second-order valence-corrected chi connectivity index (χ2v) is 8.96. The Bertz CT molecular complexity index is 1510. The zero-order chi connectivity index (χ0) is 26.3. The lowest BCUT2D eigenvalue weighted by atomic mass is 10.0. The molecule has 0 fully saturated rings. The summed E-state index contributed by atoms with van der Waals surface area (Å²) in [7, 11) is 0. The Morgan fingerprint density at radius 1 is 0.921 bits per heavy atom. The summed E-state index contributed by atoms with van der Waals surface area (Å²) >= 11 is 0. The summed E-state index contributed by atoms with van der Waals surface area (Å²) in [5.74, 6) is 1.74. The Balaban J connectivity index is 1.27. The monoisotopic (exact) mass is 504 g/mol. The Hall–Kier alpha value is -4.82. The Morgan fingerprint density at radius 3 is 2.50 bits per heavy atom. The topological polar surface area (TPSA) is 105 Å². The highest BCUT2D eigenvalue weighted by Gasteiger charge is 2.11. The van der Waals surface area contributed by atoms with E-state index in [0.717, 1.165) is 22.5 Å². The maximum Gasteiger partial charge on any atom is 0.255 e. The van der Waals surface area contributed by atoms with E-state index in [4.69, 9.17) is 0 Å². The number of hydrogen-bond acceptors (Lipinski definition) is 6. The van der Waals surface area contributed by atoms with Gasteiger partial charge in [0.15, 0.2) is 0 Å². The minimum Gasteiger partial charge on any atom is -0.392 e. The van der Waals surface area contributed by atoms with Gasteiger partial charge in [-0.1, -0.05) is 54.6 Å². The van der Waals surface area contributed by atoms with E-state index in [1.807, 2.05) is 89.6 Å². The molecule has 2 aromatic heterocycles. The molecule has 2 heterocycles. The summed E-state index contributed by atoms with van der Waals surface area (Å²) in [5.41, 5.74) is 4.48. The average Bonchev–Trinajstić information content (AvgIpc) is 3.41. The summed E-state index contributed by atoms with van der Waals surface area (Å²) in [6.07, 6.45) is 5.28. The van der Waals surface area contributed by atoms with Crippen LogP contribution in [0, 0.1) is 0 Å². The fraction of sp³-hybridized carbons (Fsp3) is 0.133. The molecule has 0 radical (unpaired) electrons. The molecule has 0 aliphatic carbocycles. The Morgan fingerprint density at radius 2 is 1.71 bits per heavy atom. The summed E-state index contributed by atoms with van der Waals surface area (Å²) in [4.78, 5) is 26.2. The van der Waals surface area contributed by atoms with Crippen molar-refractivity contribution < 1.29 is 9.90 Å². The van der Waals surface area contributed by atoms with Crippen molar-refractivity contribution in [1.82, 2.24) is 19.5 Å². The van der Waals surface area contributed by atoms with Gasteiger partial charge in [-0.3, -0.25) is 9.36 Å². The third-order valence-electron chi connectivity index (χ3n) is 5.96. The molecule has 1 atom stereocenters. The highest BCUT2D eigenvalue weighted by Crippen LogP contribution is 2.21. The number of rotatable bonds is 9. The molecule has 0 bridgehead atoms. The van der Waals surface area contributed by atoms with Crippen molar-refractivity contribution in [2.75, 3.05) is 17.2 Å². The largest absolute Gasteiger partial charge is 0.392 e. The van der Waals surface area contributed by atoms with E-state index in [2.05, 4.69) is 25.6 Å². The molecular formula is C30H28N6O2. The predicted octanol–water partition coefficient (Wildman–Crippen LogP) is 4.97. The van der Waals surface area contributed by atoms with Gasteiger partial charge in [-0.2, -0.15) is 4.98 Å². The third kappa shape index (κ3) is 6.11. The predicted molar refractivity (Wildman–Crippen MR) is 148 cm³/mol. The van der Waals surface area contributed by atoms with Crippen molar-refractivity contribution in [3.05, 3.63) is 120 Å². The smallest absolute Gasteiger partial charge is 0.255 e. The highest BCUT2D eigenvalue weighted by molar-refractivity contribution is 6.04. The number of nitrogens with zero attached hydrogens (tertiary/aromatic N) is 4. The lowest BCUT2D eigenvalue weighted by Gasteiger charge is -2.11. The number of anilines is 2. The number of carbonyl (C=O) groups excluding carboxylic acids is 1. The van der Waals surface area contributed by atoms with Crippen LogP contribution < -0.4 is 10.6 Å². The quantitative estimate of drug-likeness (QED) is 0.262. The molecule has 1 amide bonds. The summed E-state index contributed by atoms with van der Waals surface area (Å²) < 4.78 is 1.90. The van der Waals surface area contributed by atoms with E-state index in [1.54, 1.807) is 25.4 Å². The van der Waals surface area contributed by atoms with E-state index in [0.29, 0.717) is 36.0 Å². The molecule has 0 saturated heterocycles. The van der Waals surface area contributed by atoms with Crippen molar-refractivity contribution in [2.24, 2.45) is 0 Å². The molecule has 3 aromatic carbocycles. The molecule has 0 aliphatic heterocycles. The molecule has 5 aromatic rings. The number of aromatic nitrogens is 4. The summed E-state index contributed by atoms with van der Waals surface area (Å²) in [5, 5.41) is 15.5. The molecule has 1 unspecified atom stereocenters. The number of imidazole rings is 1. The SMILES string of the molecule is CC(O)CNc1nccc(-n2ccnc2Cc2cccc(NC(=O)c3ccc(-c4ccccc4)cc3)c2)n1. The summed E-state index contributed by atoms with van der Waals surface area (Å²) in [6.45, 7) is 2.05. The van der Waals surface area contributed by atoms with Gasteiger partial charge in [-0.05, 0) is 53.9 Å². The van der Waals surface area contributed by atoms with Crippen LogP contribution in [0.3, 0.4) is 0 Å². The molecule has 0 saturated carbocycles. The van der Waals surface area contributed by atoms with Crippen LogP contribution in [0.2, 0.25) is 0 Å². The highest BCUT2D eigenvalue weighted by atomic mass is 16.3. The lowest BCUT2D eigenvalue weighted by Crippen LogP contribution is -2.17. The maximum absolute atomic E-state index is 12.9. The van der Waals surface area contributed by atoms with Crippen molar-refractivity contribution in [3.8, 4) is 16.9 Å². The van der Waals surface area contributed by atoms with Crippen LogP contribution in [0.4, 0.5) is 11.6 Å². The van der Waals surface area contributed by atoms with Crippen molar-refractivity contribution in [3.63, 3.8) is 0 Å².